The zero-order valence-corrected chi connectivity index (χ0v) is 28.5. The predicted octanol–water partition coefficient (Wildman–Crippen LogP) is 7.67. The van der Waals surface area contributed by atoms with Gasteiger partial charge in [-0.3, -0.25) is 0 Å². The third-order valence-corrected chi connectivity index (χ3v) is 15.1. The van der Waals surface area contributed by atoms with Gasteiger partial charge in [-0.25, -0.2) is 14.2 Å². The molecular formula is C38H49N2O4Si+. The largest absolute Gasteiger partial charge is 0.478 e. The van der Waals surface area contributed by atoms with Crippen LogP contribution in [-0.4, -0.2) is 66.7 Å². The van der Waals surface area contributed by atoms with Crippen LogP contribution in [0.1, 0.15) is 104 Å². The minimum absolute atomic E-state index is 0.100. The number of allylic oxidation sites excluding steroid dienone is 5. The summed E-state index contributed by atoms with van der Waals surface area (Å²) < 4.78 is 2.49. The number of hydrogen-bond donors (Lipinski definition) is 2. The molecule has 0 radical (unpaired) electrons. The number of anilines is 1. The Labute approximate surface area is 269 Å². The normalized spacial score (nSPS) is 16.7. The van der Waals surface area contributed by atoms with Crippen molar-refractivity contribution in [3.05, 3.63) is 87.6 Å². The van der Waals surface area contributed by atoms with Crippen LogP contribution in [0, 0.1) is 0 Å². The molecule has 0 atom stereocenters. The van der Waals surface area contributed by atoms with Crippen molar-refractivity contribution < 1.29 is 24.4 Å². The summed E-state index contributed by atoms with van der Waals surface area (Å²) in [6.45, 7) is 12.9. The number of carbonyl (C=O) groups is 2. The number of nitrogens with zero attached hydrogens (tertiary/aromatic N) is 2. The lowest BCUT2D eigenvalue weighted by Crippen LogP contribution is -2.55. The van der Waals surface area contributed by atoms with E-state index >= 15 is 0 Å². The first-order valence-electron chi connectivity index (χ1n) is 17.1. The first-order valence-corrected chi connectivity index (χ1v) is 19.5. The fraction of sp³-hybridized carbons (Fsp3) is 0.447. The third-order valence-electron chi connectivity index (χ3n) is 9.75. The molecule has 0 amide bonds. The first-order chi connectivity index (χ1) is 21.8. The van der Waals surface area contributed by atoms with Gasteiger partial charge in [0.2, 0.25) is 0 Å². The minimum Gasteiger partial charge on any atom is -0.478 e. The Kier molecular flexibility index (Phi) is 10.3. The van der Waals surface area contributed by atoms with Crippen LogP contribution in [0.25, 0.3) is 5.57 Å². The van der Waals surface area contributed by atoms with Gasteiger partial charge in [-0.05, 0) is 94.0 Å². The Balaban J connectivity index is 1.89. The SMILES string of the molecule is CCCN(CCC)c1ccc2c(c1)[Si]1(CCCCC1)C1=CC(=[N+](CCC)CCC)C=CC1=C2c1cc(C(=O)O)ccc1C(=O)O. The molecule has 238 valence electrons. The maximum Gasteiger partial charge on any atom is 0.336 e. The second-order valence-corrected chi connectivity index (χ2v) is 17.1. The maximum absolute atomic E-state index is 12.7. The first kappa shape index (κ1) is 32.7. The second-order valence-electron chi connectivity index (χ2n) is 12.8. The number of rotatable bonds is 12. The third kappa shape index (κ3) is 6.24. The zero-order valence-electron chi connectivity index (χ0n) is 27.5. The summed E-state index contributed by atoms with van der Waals surface area (Å²) in [6, 6.07) is 13.7. The van der Waals surface area contributed by atoms with Crippen molar-refractivity contribution >= 4 is 42.2 Å². The standard InChI is InChI=1S/C38H48N2O4Si/c1-5-18-39(19-6-2)28-13-16-31-34(25-28)45(22-10-9-11-23-45)35-26-29(40(20-7-3)21-8-4)14-17-32(35)36(31)33-24-27(37(41)42)12-15-30(33)38(43)44/h12-17,24-26H,5-11,18-23H2,1-4H3,(H-,41,42,43,44)/p+1. The Hall–Kier alpha value is -3.71. The highest BCUT2D eigenvalue weighted by atomic mass is 28.3. The lowest BCUT2D eigenvalue weighted by molar-refractivity contribution is -0.526. The highest BCUT2D eigenvalue weighted by Crippen LogP contribution is 2.48. The summed E-state index contributed by atoms with van der Waals surface area (Å²) in [5.74, 6) is -2.10. The van der Waals surface area contributed by atoms with E-state index in [2.05, 4.69) is 73.6 Å². The number of fused-ring (bicyclic) bond motifs is 4. The molecule has 0 unspecified atom stereocenters. The average molecular weight is 626 g/mol. The van der Waals surface area contributed by atoms with E-state index < -0.39 is 20.0 Å². The van der Waals surface area contributed by atoms with Crippen LogP contribution in [-0.2, 0) is 0 Å². The van der Waals surface area contributed by atoms with Crippen molar-refractivity contribution in [3.63, 3.8) is 0 Å². The van der Waals surface area contributed by atoms with Gasteiger partial charge in [0.1, 0.15) is 21.2 Å². The Bertz CT molecular complexity index is 1580. The smallest absolute Gasteiger partial charge is 0.336 e. The molecule has 1 spiro atoms. The van der Waals surface area contributed by atoms with Crippen LogP contribution >= 0.6 is 0 Å². The van der Waals surface area contributed by atoms with Gasteiger partial charge in [-0.2, -0.15) is 0 Å². The van der Waals surface area contributed by atoms with Crippen molar-refractivity contribution in [1.82, 2.24) is 0 Å². The van der Waals surface area contributed by atoms with Crippen molar-refractivity contribution in [1.29, 1.82) is 0 Å². The fourth-order valence-corrected chi connectivity index (χ4v) is 13.5. The summed E-state index contributed by atoms with van der Waals surface area (Å²) in [7, 11) is -2.25. The lowest BCUT2D eigenvalue weighted by atomic mass is 9.86. The van der Waals surface area contributed by atoms with Crippen molar-refractivity contribution in [3.8, 4) is 0 Å². The fourth-order valence-electron chi connectivity index (χ4n) is 7.85. The van der Waals surface area contributed by atoms with Crippen LogP contribution in [0.15, 0.2) is 65.4 Å². The van der Waals surface area contributed by atoms with Gasteiger partial charge in [0, 0.05) is 43.8 Å². The van der Waals surface area contributed by atoms with Crippen LogP contribution < -0.4 is 10.1 Å². The van der Waals surface area contributed by atoms with Gasteiger partial charge >= 0.3 is 11.9 Å². The zero-order chi connectivity index (χ0) is 32.1. The molecule has 1 aliphatic carbocycles. The Morgan fingerprint density at radius 3 is 2.09 bits per heavy atom. The maximum atomic E-state index is 12.7. The molecule has 0 aromatic heterocycles. The van der Waals surface area contributed by atoms with E-state index in [1.54, 1.807) is 6.07 Å². The van der Waals surface area contributed by atoms with E-state index in [-0.39, 0.29) is 11.1 Å². The van der Waals surface area contributed by atoms with Crippen LogP contribution in [0.2, 0.25) is 12.1 Å². The van der Waals surface area contributed by atoms with E-state index in [0.717, 1.165) is 68.6 Å². The summed E-state index contributed by atoms with van der Waals surface area (Å²) >= 11 is 0. The highest BCUT2D eigenvalue weighted by Gasteiger charge is 2.48. The second kappa shape index (κ2) is 14.2. The van der Waals surface area contributed by atoms with E-state index in [1.165, 1.54) is 65.3 Å². The van der Waals surface area contributed by atoms with Gasteiger partial charge in [0.25, 0.3) is 0 Å². The van der Waals surface area contributed by atoms with Crippen molar-refractivity contribution in [2.45, 2.75) is 84.7 Å². The van der Waals surface area contributed by atoms with Gasteiger partial charge < -0.3 is 15.1 Å². The lowest BCUT2D eigenvalue weighted by Gasteiger charge is -2.45. The summed E-state index contributed by atoms with van der Waals surface area (Å²) in [5, 5.41) is 23.1. The molecule has 0 saturated carbocycles. The molecule has 6 nitrogen and oxygen atoms in total. The molecule has 1 saturated heterocycles. The molecule has 1 fully saturated rings. The van der Waals surface area contributed by atoms with Gasteiger partial charge in [-0.1, -0.05) is 53.0 Å². The van der Waals surface area contributed by atoms with Crippen LogP contribution in [0.4, 0.5) is 5.69 Å². The van der Waals surface area contributed by atoms with Crippen LogP contribution in [0.5, 0.6) is 0 Å². The van der Waals surface area contributed by atoms with Crippen molar-refractivity contribution in [2.75, 3.05) is 31.1 Å². The average Bonchev–Trinajstić information content (AvgIpc) is 3.05. The number of aromatic carboxylic acids is 2. The molecule has 2 heterocycles. The summed E-state index contributed by atoms with van der Waals surface area (Å²) in [6.07, 6.45) is 14.8. The van der Waals surface area contributed by atoms with E-state index in [9.17, 15) is 19.8 Å². The molecular weight excluding hydrogens is 577 g/mol. The highest BCUT2D eigenvalue weighted by molar-refractivity contribution is 7.00. The molecule has 5 rings (SSSR count). The van der Waals surface area contributed by atoms with E-state index in [0.29, 0.717) is 5.56 Å². The summed E-state index contributed by atoms with van der Waals surface area (Å²) in [4.78, 5) is 27.3. The van der Waals surface area contributed by atoms with E-state index in [1.807, 2.05) is 0 Å². The van der Waals surface area contributed by atoms with E-state index in [4.69, 9.17) is 0 Å². The molecule has 45 heavy (non-hydrogen) atoms. The Morgan fingerprint density at radius 1 is 0.800 bits per heavy atom. The molecule has 2 aromatic carbocycles. The molecule has 0 bridgehead atoms. The van der Waals surface area contributed by atoms with Gasteiger partial charge in [-0.15, -0.1) is 0 Å². The monoisotopic (exact) mass is 625 g/mol. The summed E-state index contributed by atoms with van der Waals surface area (Å²) in [5.41, 5.74) is 6.24. The van der Waals surface area contributed by atoms with Crippen LogP contribution in [0.3, 0.4) is 0 Å². The molecule has 2 aromatic rings. The van der Waals surface area contributed by atoms with Gasteiger partial charge in [0.15, 0.2) is 5.71 Å². The molecule has 2 aliphatic heterocycles. The quantitative estimate of drug-likeness (QED) is 0.187. The number of hydrogen-bond acceptors (Lipinski definition) is 3. The minimum atomic E-state index is -2.25. The van der Waals surface area contributed by atoms with Gasteiger partial charge in [0.05, 0.1) is 11.1 Å². The molecule has 2 N–H and O–H groups in total. The Morgan fingerprint density at radius 2 is 1.49 bits per heavy atom. The number of carboxylic acid groups (broad SMARTS) is 2. The predicted molar refractivity (Wildman–Crippen MR) is 187 cm³/mol. The molecule has 3 aliphatic rings. The van der Waals surface area contributed by atoms with Crippen molar-refractivity contribution in [2.24, 2.45) is 0 Å². The topological polar surface area (TPSA) is 80.8 Å². The number of carboxylic acids is 2. The number of benzene rings is 2. The molecule has 7 heteroatoms.